The third-order valence-corrected chi connectivity index (χ3v) is 11.7. The summed E-state index contributed by atoms with van der Waals surface area (Å²) >= 11 is 0. The van der Waals surface area contributed by atoms with Gasteiger partial charge in [-0.3, -0.25) is 0 Å². The molecule has 0 bridgehead atoms. The van der Waals surface area contributed by atoms with Crippen LogP contribution in [-0.4, -0.2) is 22.8 Å². The summed E-state index contributed by atoms with van der Waals surface area (Å²) in [5, 5.41) is 1.10. The molecule has 0 spiro atoms. The molecule has 0 amide bonds. The standard InChI is InChI=1S/C42H42N2O2Si/c1-31-10-7-13-39(28-31)43(38-24-26-42(27-25-38)47(6,45-4)46-5)36-20-16-34(17-21-36)35-18-22-37(23-19-35)44(40-14-8-11-32(2)29-40)41-15-9-12-33(3)30-41/h7-30H,1-6H3. The topological polar surface area (TPSA) is 24.9 Å². The van der Waals surface area contributed by atoms with Crippen LogP contribution in [0, 0.1) is 20.8 Å². The largest absolute Gasteiger partial charge is 0.394 e. The smallest absolute Gasteiger partial charge is 0.368 e. The van der Waals surface area contributed by atoms with E-state index >= 15 is 0 Å². The van der Waals surface area contributed by atoms with Gasteiger partial charge in [0, 0.05) is 48.3 Å². The van der Waals surface area contributed by atoms with Gasteiger partial charge in [-0.1, -0.05) is 72.8 Å². The zero-order chi connectivity index (χ0) is 33.0. The first-order chi connectivity index (χ1) is 22.8. The molecule has 0 saturated carbocycles. The number of hydrogen-bond donors (Lipinski definition) is 0. The summed E-state index contributed by atoms with van der Waals surface area (Å²) in [6, 6.07) is 52.2. The second-order valence-electron chi connectivity index (χ2n) is 12.2. The molecule has 0 fully saturated rings. The Labute approximate surface area is 280 Å². The lowest BCUT2D eigenvalue weighted by Crippen LogP contribution is -2.49. The van der Waals surface area contributed by atoms with Crippen LogP contribution in [0.25, 0.3) is 11.1 Å². The number of aryl methyl sites for hydroxylation is 3. The predicted molar refractivity (Wildman–Crippen MR) is 201 cm³/mol. The summed E-state index contributed by atoms with van der Waals surface area (Å²) in [5.74, 6) is 0. The van der Waals surface area contributed by atoms with Gasteiger partial charge in [-0.05, 0) is 133 Å². The Hall–Kier alpha value is -4.94. The van der Waals surface area contributed by atoms with Crippen LogP contribution in [0.3, 0.4) is 0 Å². The Balaban J connectivity index is 1.32. The first kappa shape index (κ1) is 32.0. The molecule has 6 aromatic rings. The van der Waals surface area contributed by atoms with Crippen molar-refractivity contribution in [2.75, 3.05) is 24.0 Å². The van der Waals surface area contributed by atoms with Crippen LogP contribution in [0.5, 0.6) is 0 Å². The molecule has 236 valence electrons. The van der Waals surface area contributed by atoms with Crippen molar-refractivity contribution in [1.82, 2.24) is 0 Å². The number of hydrogen-bond acceptors (Lipinski definition) is 4. The minimum atomic E-state index is -2.42. The third-order valence-electron chi connectivity index (χ3n) is 8.79. The van der Waals surface area contributed by atoms with Gasteiger partial charge >= 0.3 is 8.56 Å². The summed E-state index contributed by atoms with van der Waals surface area (Å²) in [6.45, 7) is 8.47. The lowest BCUT2D eigenvalue weighted by molar-refractivity contribution is 0.265. The molecule has 0 aliphatic carbocycles. The lowest BCUT2D eigenvalue weighted by Gasteiger charge is -2.28. The molecule has 6 rings (SSSR count). The highest BCUT2D eigenvalue weighted by Gasteiger charge is 2.31. The summed E-state index contributed by atoms with van der Waals surface area (Å²) in [4.78, 5) is 4.62. The number of rotatable bonds is 10. The van der Waals surface area contributed by atoms with E-state index < -0.39 is 8.56 Å². The van der Waals surface area contributed by atoms with E-state index in [1.807, 2.05) is 0 Å². The molecule has 4 nitrogen and oxygen atoms in total. The molecular weight excluding hydrogens is 593 g/mol. The molecule has 0 atom stereocenters. The van der Waals surface area contributed by atoms with Crippen LogP contribution < -0.4 is 15.0 Å². The zero-order valence-corrected chi connectivity index (χ0v) is 29.1. The highest BCUT2D eigenvalue weighted by molar-refractivity contribution is 6.79. The maximum Gasteiger partial charge on any atom is 0.368 e. The predicted octanol–water partition coefficient (Wildman–Crippen LogP) is 10.8. The fourth-order valence-corrected chi connectivity index (χ4v) is 7.44. The number of nitrogens with zero attached hydrogens (tertiary/aromatic N) is 2. The highest BCUT2D eigenvalue weighted by atomic mass is 28.4. The van der Waals surface area contributed by atoms with E-state index in [-0.39, 0.29) is 0 Å². The molecule has 0 heterocycles. The molecule has 0 aliphatic heterocycles. The van der Waals surface area contributed by atoms with Crippen molar-refractivity contribution in [3.8, 4) is 11.1 Å². The Morgan fingerprint density at radius 2 is 0.723 bits per heavy atom. The second-order valence-corrected chi connectivity index (χ2v) is 15.5. The molecule has 0 aliphatic rings. The monoisotopic (exact) mass is 634 g/mol. The normalized spacial score (nSPS) is 11.4. The number of benzene rings is 6. The molecule has 0 radical (unpaired) electrons. The van der Waals surface area contributed by atoms with E-state index in [0.29, 0.717) is 0 Å². The summed E-state index contributed by atoms with van der Waals surface area (Å²) in [7, 11) is 1.03. The average molecular weight is 635 g/mol. The van der Waals surface area contributed by atoms with Crippen LogP contribution in [-0.2, 0) is 8.85 Å². The van der Waals surface area contributed by atoms with Crippen LogP contribution in [0.2, 0.25) is 6.55 Å². The summed E-state index contributed by atoms with van der Waals surface area (Å²) in [5.41, 5.74) is 12.7. The Kier molecular flexibility index (Phi) is 9.41. The van der Waals surface area contributed by atoms with Crippen molar-refractivity contribution >= 4 is 47.9 Å². The van der Waals surface area contributed by atoms with Gasteiger partial charge < -0.3 is 18.7 Å². The SMILES string of the molecule is CO[Si](C)(OC)c1ccc(N(c2ccc(-c3ccc(N(c4cccc(C)c4)c4cccc(C)c4)cc3)cc2)c2cccc(C)c2)cc1. The van der Waals surface area contributed by atoms with Gasteiger partial charge in [0.15, 0.2) is 0 Å². The molecule has 0 aromatic heterocycles. The quantitative estimate of drug-likeness (QED) is 0.140. The number of anilines is 6. The fourth-order valence-electron chi connectivity index (χ4n) is 6.03. The Morgan fingerprint density at radius 1 is 0.404 bits per heavy atom. The molecule has 0 saturated heterocycles. The van der Waals surface area contributed by atoms with Gasteiger partial charge in [0.25, 0.3) is 0 Å². The molecule has 0 unspecified atom stereocenters. The second kappa shape index (κ2) is 13.8. The molecular formula is C42H42N2O2Si. The van der Waals surface area contributed by atoms with Gasteiger partial charge in [0.05, 0.1) is 0 Å². The third kappa shape index (κ3) is 6.93. The van der Waals surface area contributed by atoms with Gasteiger partial charge in [-0.25, -0.2) is 0 Å². The molecule has 6 aromatic carbocycles. The van der Waals surface area contributed by atoms with Crippen molar-refractivity contribution in [1.29, 1.82) is 0 Å². The van der Waals surface area contributed by atoms with Crippen molar-refractivity contribution in [2.24, 2.45) is 0 Å². The van der Waals surface area contributed by atoms with E-state index in [4.69, 9.17) is 8.85 Å². The van der Waals surface area contributed by atoms with Gasteiger partial charge in [0.2, 0.25) is 0 Å². The zero-order valence-electron chi connectivity index (χ0n) is 28.1. The van der Waals surface area contributed by atoms with Crippen LogP contribution in [0.15, 0.2) is 146 Å². The van der Waals surface area contributed by atoms with Crippen molar-refractivity contribution in [2.45, 2.75) is 27.3 Å². The first-order valence-electron chi connectivity index (χ1n) is 16.0. The van der Waals surface area contributed by atoms with Crippen molar-refractivity contribution in [3.63, 3.8) is 0 Å². The van der Waals surface area contributed by atoms with E-state index in [9.17, 15) is 0 Å². The summed E-state index contributed by atoms with van der Waals surface area (Å²) in [6.07, 6.45) is 0. The van der Waals surface area contributed by atoms with Crippen LogP contribution >= 0.6 is 0 Å². The minimum Gasteiger partial charge on any atom is -0.394 e. The maximum absolute atomic E-state index is 5.79. The van der Waals surface area contributed by atoms with Crippen LogP contribution in [0.4, 0.5) is 34.1 Å². The van der Waals surface area contributed by atoms with E-state index in [2.05, 4.69) is 183 Å². The first-order valence-corrected chi connectivity index (χ1v) is 18.3. The lowest BCUT2D eigenvalue weighted by atomic mass is 10.0. The molecule has 47 heavy (non-hydrogen) atoms. The van der Waals surface area contributed by atoms with E-state index in [0.717, 1.165) is 39.3 Å². The highest BCUT2D eigenvalue weighted by Crippen LogP contribution is 2.38. The van der Waals surface area contributed by atoms with Gasteiger partial charge in [0.1, 0.15) is 0 Å². The van der Waals surface area contributed by atoms with Gasteiger partial charge in [-0.15, -0.1) is 0 Å². The maximum atomic E-state index is 5.79. The van der Waals surface area contributed by atoms with E-state index in [1.54, 1.807) is 14.2 Å². The molecule has 0 N–H and O–H groups in total. The Morgan fingerprint density at radius 3 is 1.04 bits per heavy atom. The fraction of sp³-hybridized carbons (Fsp3) is 0.143. The molecule has 5 heteroatoms. The minimum absolute atomic E-state index is 1.08. The summed E-state index contributed by atoms with van der Waals surface area (Å²) < 4.78 is 11.6. The van der Waals surface area contributed by atoms with E-state index in [1.165, 1.54) is 27.8 Å². The van der Waals surface area contributed by atoms with Gasteiger partial charge in [-0.2, -0.15) is 0 Å². The van der Waals surface area contributed by atoms with Crippen LogP contribution in [0.1, 0.15) is 16.7 Å². The average Bonchev–Trinajstić information content (AvgIpc) is 3.09. The Bertz CT molecular complexity index is 1900. The van der Waals surface area contributed by atoms with Crippen molar-refractivity contribution < 1.29 is 8.85 Å². The van der Waals surface area contributed by atoms with Crippen molar-refractivity contribution in [3.05, 3.63) is 162 Å².